The highest BCUT2D eigenvalue weighted by atomic mass is 31.2. The van der Waals surface area contributed by atoms with Gasteiger partial charge in [-0.05, 0) is 70.6 Å². The van der Waals surface area contributed by atoms with Crippen LogP contribution in [-0.2, 0) is 27.9 Å². The third-order valence-electron chi connectivity index (χ3n) is 12.2. The van der Waals surface area contributed by atoms with E-state index in [1.807, 2.05) is 0 Å². The minimum atomic E-state index is -5.03. The van der Waals surface area contributed by atoms with Gasteiger partial charge in [-0.1, -0.05) is 191 Å². The van der Waals surface area contributed by atoms with Crippen molar-refractivity contribution in [3.05, 3.63) is 48.6 Å². The maximum Gasteiger partial charge on any atom is 0.472 e. The molecule has 0 aromatic heterocycles. The summed E-state index contributed by atoms with van der Waals surface area (Å²) in [5.74, 6) is -0.487. The molecule has 1 fully saturated rings. The Morgan fingerprint density at radius 1 is 0.500 bits per heavy atom. The molecule has 0 spiro atoms. The normalized spacial score (nSPS) is 21.8. The van der Waals surface area contributed by atoms with Crippen LogP contribution in [0.5, 0.6) is 0 Å². The van der Waals surface area contributed by atoms with Gasteiger partial charge in [-0.25, -0.2) is 4.57 Å². The van der Waals surface area contributed by atoms with Crippen LogP contribution in [0, 0.1) is 0 Å². The van der Waals surface area contributed by atoms with Crippen molar-refractivity contribution in [2.75, 3.05) is 19.8 Å². The lowest BCUT2D eigenvalue weighted by Crippen LogP contribution is -2.64. The van der Waals surface area contributed by atoms with E-state index in [1.165, 1.54) is 116 Å². The Morgan fingerprint density at radius 2 is 0.894 bits per heavy atom. The van der Waals surface area contributed by atoms with Crippen molar-refractivity contribution >= 4 is 13.8 Å². The minimum Gasteiger partial charge on any atom is -0.457 e. The van der Waals surface area contributed by atoms with Gasteiger partial charge in [-0.2, -0.15) is 0 Å². The fourth-order valence-corrected chi connectivity index (χ4v) is 8.99. The van der Waals surface area contributed by atoms with Crippen molar-refractivity contribution in [3.8, 4) is 0 Å². The molecule has 13 heteroatoms. The minimum absolute atomic E-state index is 0.0817. The quantitative estimate of drug-likeness (QED) is 0.0147. The molecular weight excluding hydrogens is 860 g/mol. The number of carbonyl (C=O) groups excluding carboxylic acids is 1. The molecule has 1 saturated carbocycles. The molecule has 1 rings (SSSR count). The summed E-state index contributed by atoms with van der Waals surface area (Å²) in [7, 11) is -5.03. The molecule has 6 unspecified atom stereocenters. The molecule has 1 aliphatic carbocycles. The van der Waals surface area contributed by atoms with Crippen LogP contribution >= 0.6 is 7.82 Å². The van der Waals surface area contributed by atoms with Crippen LogP contribution in [0.3, 0.4) is 0 Å². The zero-order valence-electron chi connectivity index (χ0n) is 41.5. The van der Waals surface area contributed by atoms with Gasteiger partial charge in [0.25, 0.3) is 0 Å². The number of rotatable bonds is 45. The zero-order chi connectivity index (χ0) is 48.4. The molecule has 0 heterocycles. The molecule has 0 aromatic carbocycles. The summed E-state index contributed by atoms with van der Waals surface area (Å²) in [5.41, 5.74) is 0. The molecule has 1 aliphatic rings. The van der Waals surface area contributed by atoms with Crippen molar-refractivity contribution < 1.29 is 58.3 Å². The van der Waals surface area contributed by atoms with Crippen LogP contribution < -0.4 is 0 Å². The summed E-state index contributed by atoms with van der Waals surface area (Å²) < 4.78 is 34.3. The first-order valence-corrected chi connectivity index (χ1v) is 28.0. The van der Waals surface area contributed by atoms with Gasteiger partial charge in [-0.15, -0.1) is 0 Å². The number of carbonyl (C=O) groups is 1. The van der Waals surface area contributed by atoms with E-state index in [2.05, 4.69) is 62.5 Å². The molecule has 0 aromatic rings. The van der Waals surface area contributed by atoms with Crippen molar-refractivity contribution in [2.45, 2.75) is 262 Å². The summed E-state index contributed by atoms with van der Waals surface area (Å²) in [6.07, 6.45) is 41.8. The number of unbranched alkanes of at least 4 members (excludes halogenated alkanes) is 25. The molecule has 0 radical (unpaired) electrons. The molecule has 66 heavy (non-hydrogen) atoms. The molecule has 12 nitrogen and oxygen atoms in total. The second kappa shape index (κ2) is 43.3. The topological polar surface area (TPSA) is 192 Å². The molecule has 0 saturated heterocycles. The Hall–Kier alpha value is -1.70. The number of phosphoric acid groups is 1. The Balaban J connectivity index is 2.32. The lowest BCUT2D eigenvalue weighted by molar-refractivity contribution is -0.220. The first-order valence-electron chi connectivity index (χ1n) is 26.5. The van der Waals surface area contributed by atoms with Gasteiger partial charge in [0, 0.05) is 13.0 Å². The highest BCUT2D eigenvalue weighted by Gasteiger charge is 2.51. The van der Waals surface area contributed by atoms with E-state index in [0.29, 0.717) is 13.0 Å². The van der Waals surface area contributed by atoms with Crippen molar-refractivity contribution in [3.63, 3.8) is 0 Å². The number of phosphoric ester groups is 1. The number of hydrogen-bond acceptors (Lipinski definition) is 11. The average Bonchev–Trinajstić information content (AvgIpc) is 3.30. The van der Waals surface area contributed by atoms with Gasteiger partial charge in [0.05, 0.1) is 13.2 Å². The first kappa shape index (κ1) is 62.3. The molecule has 0 aliphatic heterocycles. The van der Waals surface area contributed by atoms with Crippen molar-refractivity contribution in [1.29, 1.82) is 0 Å². The number of esters is 1. The van der Waals surface area contributed by atoms with E-state index in [4.69, 9.17) is 18.5 Å². The lowest BCUT2D eigenvalue weighted by atomic mass is 9.85. The fraction of sp³-hybridized carbons (Fsp3) is 0.830. The summed E-state index contributed by atoms with van der Waals surface area (Å²) in [6, 6.07) is 0. The standard InChI is InChI=1S/C53H97O12P/c1-3-5-7-9-11-13-15-17-19-21-22-23-24-25-27-29-31-33-35-37-39-41-43-62-44-46(45-63-66(60,61)65-53-51(58)49(56)48(55)50(57)52(53)59)64-47(54)42-40-38-36-34-32-30-28-26-20-18-16-14-12-10-8-6-4-2/h6,8,12,14,18,20-22,46,48-53,55-59H,3-5,7,9-11,13,15-17,19,23-45H2,1-2H3,(H,60,61)/b8-6-,14-12-,20-18-,22-21-. The van der Waals surface area contributed by atoms with Crippen LogP contribution in [0.2, 0.25) is 0 Å². The third-order valence-corrected chi connectivity index (χ3v) is 13.2. The molecule has 6 atom stereocenters. The largest absolute Gasteiger partial charge is 0.472 e. The molecular formula is C53H97O12P. The SMILES string of the molecule is CC/C=C\C/C=C\C/C=C\CCCCCCCCCC(=O)OC(COCCCCCCCCCCCC/C=C\CCCCCCCCCC)COP(=O)(O)OC1C(O)C(O)C(O)C(O)C1O. The van der Waals surface area contributed by atoms with E-state index < -0.39 is 63.1 Å². The van der Waals surface area contributed by atoms with Crippen LogP contribution in [-0.4, -0.2) is 98.9 Å². The second-order valence-corrected chi connectivity index (χ2v) is 19.7. The summed E-state index contributed by atoms with van der Waals surface area (Å²) in [4.78, 5) is 23.2. The maximum absolute atomic E-state index is 12.9. The smallest absolute Gasteiger partial charge is 0.457 e. The second-order valence-electron chi connectivity index (χ2n) is 18.3. The number of aliphatic hydroxyl groups excluding tert-OH is 5. The van der Waals surface area contributed by atoms with Crippen LogP contribution in [0.1, 0.15) is 219 Å². The van der Waals surface area contributed by atoms with Crippen LogP contribution in [0.15, 0.2) is 48.6 Å². The van der Waals surface area contributed by atoms with Gasteiger partial charge in [-0.3, -0.25) is 13.8 Å². The Labute approximate surface area is 401 Å². The fourth-order valence-electron chi connectivity index (χ4n) is 8.01. The van der Waals surface area contributed by atoms with Gasteiger partial charge < -0.3 is 39.9 Å². The van der Waals surface area contributed by atoms with Crippen LogP contribution in [0.25, 0.3) is 0 Å². The Kier molecular flexibility index (Phi) is 40.9. The Bertz CT molecular complexity index is 1270. The van der Waals surface area contributed by atoms with Gasteiger partial charge in [0.1, 0.15) is 42.7 Å². The summed E-state index contributed by atoms with van der Waals surface area (Å²) in [5, 5.41) is 50.3. The maximum atomic E-state index is 12.9. The molecule has 386 valence electrons. The summed E-state index contributed by atoms with van der Waals surface area (Å²) >= 11 is 0. The predicted octanol–water partition coefficient (Wildman–Crippen LogP) is 12.0. The van der Waals surface area contributed by atoms with E-state index >= 15 is 0 Å². The van der Waals surface area contributed by atoms with E-state index in [-0.39, 0.29) is 13.0 Å². The molecule has 0 bridgehead atoms. The predicted molar refractivity (Wildman–Crippen MR) is 267 cm³/mol. The Morgan fingerprint density at radius 3 is 1.38 bits per heavy atom. The van der Waals surface area contributed by atoms with E-state index in [9.17, 15) is 39.8 Å². The molecule has 0 amide bonds. The number of allylic oxidation sites excluding steroid dienone is 8. The number of aliphatic hydroxyl groups is 5. The van der Waals surface area contributed by atoms with Gasteiger partial charge in [0.15, 0.2) is 0 Å². The summed E-state index contributed by atoms with van der Waals surface area (Å²) in [6.45, 7) is 4.16. The van der Waals surface area contributed by atoms with E-state index in [1.54, 1.807) is 0 Å². The number of hydrogen-bond donors (Lipinski definition) is 6. The zero-order valence-corrected chi connectivity index (χ0v) is 42.4. The van der Waals surface area contributed by atoms with Crippen LogP contribution in [0.4, 0.5) is 0 Å². The highest BCUT2D eigenvalue weighted by Crippen LogP contribution is 2.47. The van der Waals surface area contributed by atoms with E-state index in [0.717, 1.165) is 77.0 Å². The molecule has 6 N–H and O–H groups in total. The van der Waals surface area contributed by atoms with Crippen molar-refractivity contribution in [1.82, 2.24) is 0 Å². The van der Waals surface area contributed by atoms with Gasteiger partial charge >= 0.3 is 13.8 Å². The monoisotopic (exact) mass is 957 g/mol. The van der Waals surface area contributed by atoms with Crippen molar-refractivity contribution in [2.24, 2.45) is 0 Å². The number of ether oxygens (including phenoxy) is 2. The lowest BCUT2D eigenvalue weighted by Gasteiger charge is -2.41. The third kappa shape index (κ3) is 34.6. The highest BCUT2D eigenvalue weighted by molar-refractivity contribution is 7.47. The average molecular weight is 957 g/mol. The first-order chi connectivity index (χ1) is 32.0. The van der Waals surface area contributed by atoms with Gasteiger partial charge in [0.2, 0.25) is 0 Å².